The average molecular weight is 461 g/mol. The molecule has 33 heavy (non-hydrogen) atoms. The summed E-state index contributed by atoms with van der Waals surface area (Å²) in [4.78, 5) is 24.7. The van der Waals surface area contributed by atoms with E-state index < -0.39 is 10.8 Å². The second-order valence-electron chi connectivity index (χ2n) is 8.09. The van der Waals surface area contributed by atoms with Gasteiger partial charge in [0.1, 0.15) is 0 Å². The second kappa shape index (κ2) is 8.88. The van der Waals surface area contributed by atoms with Gasteiger partial charge in [-0.3, -0.25) is 13.6 Å². The van der Waals surface area contributed by atoms with Crippen LogP contribution in [0.4, 0.5) is 0 Å². The summed E-state index contributed by atoms with van der Waals surface area (Å²) in [6.07, 6.45) is 7.01. The van der Waals surface area contributed by atoms with Crippen molar-refractivity contribution < 1.29 is 13.7 Å². The molecule has 1 aliphatic heterocycles. The van der Waals surface area contributed by atoms with Crippen LogP contribution >= 0.6 is 0 Å². The highest BCUT2D eigenvalue weighted by molar-refractivity contribution is 7.84. The number of amides is 1. The van der Waals surface area contributed by atoms with Crippen molar-refractivity contribution in [2.24, 2.45) is 0 Å². The minimum absolute atomic E-state index is 0.0391. The molecule has 5 rings (SSSR count). The zero-order valence-corrected chi connectivity index (χ0v) is 19.3. The number of morpholine rings is 1. The van der Waals surface area contributed by atoms with Crippen LogP contribution in [0.25, 0.3) is 28.0 Å². The molecule has 2 aromatic heterocycles. The molecule has 8 heteroatoms. The Morgan fingerprint density at radius 3 is 2.36 bits per heavy atom. The monoisotopic (exact) mass is 460 g/mol. The fourth-order valence-electron chi connectivity index (χ4n) is 4.01. The van der Waals surface area contributed by atoms with Gasteiger partial charge in [-0.05, 0) is 24.6 Å². The molecule has 0 saturated carbocycles. The molecule has 7 nitrogen and oxygen atoms in total. The van der Waals surface area contributed by atoms with Gasteiger partial charge in [-0.1, -0.05) is 35.9 Å². The van der Waals surface area contributed by atoms with Gasteiger partial charge < -0.3 is 9.64 Å². The number of hydrogen-bond acceptors (Lipinski definition) is 5. The Balaban J connectivity index is 1.55. The fourth-order valence-corrected chi connectivity index (χ4v) is 4.75. The van der Waals surface area contributed by atoms with Crippen LogP contribution in [-0.4, -0.2) is 62.1 Å². The fraction of sp³-hybridized carbons (Fsp3) is 0.240. The van der Waals surface area contributed by atoms with Crippen molar-refractivity contribution in [3.8, 4) is 17.1 Å². The zero-order valence-electron chi connectivity index (χ0n) is 18.5. The van der Waals surface area contributed by atoms with Crippen molar-refractivity contribution in [2.75, 3.05) is 32.6 Å². The maximum absolute atomic E-state index is 13.0. The Bertz CT molecular complexity index is 1340. The Hall–Kier alpha value is -3.36. The van der Waals surface area contributed by atoms with Crippen molar-refractivity contribution in [2.45, 2.75) is 11.8 Å². The molecule has 1 saturated heterocycles. The molecule has 1 fully saturated rings. The molecule has 1 amide bonds. The van der Waals surface area contributed by atoms with Gasteiger partial charge in [0.2, 0.25) is 5.95 Å². The number of fused-ring (bicyclic) bond motifs is 1. The van der Waals surface area contributed by atoms with E-state index in [0.29, 0.717) is 42.7 Å². The van der Waals surface area contributed by atoms with Crippen molar-refractivity contribution in [1.82, 2.24) is 19.4 Å². The first kappa shape index (κ1) is 21.5. The Morgan fingerprint density at radius 2 is 1.70 bits per heavy atom. The summed E-state index contributed by atoms with van der Waals surface area (Å²) in [7, 11) is -1.20. The molecule has 168 valence electrons. The van der Waals surface area contributed by atoms with Crippen LogP contribution in [0.2, 0.25) is 0 Å². The van der Waals surface area contributed by atoms with Gasteiger partial charge in [-0.25, -0.2) is 9.97 Å². The average Bonchev–Trinajstić information content (AvgIpc) is 3.24. The van der Waals surface area contributed by atoms with E-state index in [1.165, 1.54) is 5.56 Å². The number of aryl methyl sites for hydroxylation is 1. The van der Waals surface area contributed by atoms with Gasteiger partial charge in [0, 0.05) is 54.4 Å². The van der Waals surface area contributed by atoms with Gasteiger partial charge in [-0.2, -0.15) is 0 Å². The van der Waals surface area contributed by atoms with Crippen molar-refractivity contribution in [3.63, 3.8) is 0 Å². The van der Waals surface area contributed by atoms with E-state index in [2.05, 4.69) is 22.1 Å². The van der Waals surface area contributed by atoms with Crippen LogP contribution in [0.1, 0.15) is 15.9 Å². The van der Waals surface area contributed by atoms with E-state index >= 15 is 0 Å². The normalized spacial score (nSPS) is 15.0. The van der Waals surface area contributed by atoms with Gasteiger partial charge >= 0.3 is 0 Å². The predicted octanol–water partition coefficient (Wildman–Crippen LogP) is 3.61. The molecule has 1 unspecified atom stereocenters. The first-order valence-electron chi connectivity index (χ1n) is 10.8. The summed E-state index contributed by atoms with van der Waals surface area (Å²) in [6, 6.07) is 13.7. The minimum Gasteiger partial charge on any atom is -0.378 e. The van der Waals surface area contributed by atoms with E-state index in [1.54, 1.807) is 40.4 Å². The van der Waals surface area contributed by atoms with Crippen LogP contribution in [0, 0.1) is 6.92 Å². The highest BCUT2D eigenvalue weighted by Crippen LogP contribution is 2.28. The summed E-state index contributed by atoms with van der Waals surface area (Å²) in [5.74, 6) is 0.422. The first-order valence-corrected chi connectivity index (χ1v) is 12.3. The quantitative estimate of drug-likeness (QED) is 0.465. The molecule has 3 heterocycles. The van der Waals surface area contributed by atoms with Crippen LogP contribution in [-0.2, 0) is 15.5 Å². The summed E-state index contributed by atoms with van der Waals surface area (Å²) >= 11 is 0. The lowest BCUT2D eigenvalue weighted by molar-refractivity contribution is 0.0303. The third-order valence-electron chi connectivity index (χ3n) is 5.86. The number of carbonyl (C=O) groups is 1. The molecule has 0 aliphatic carbocycles. The van der Waals surface area contributed by atoms with E-state index in [-0.39, 0.29) is 5.91 Å². The lowest BCUT2D eigenvalue weighted by atomic mass is 10.1. The molecule has 4 aromatic rings. The van der Waals surface area contributed by atoms with Gasteiger partial charge in [0.05, 0.1) is 34.4 Å². The smallest absolute Gasteiger partial charge is 0.254 e. The highest BCUT2D eigenvalue weighted by atomic mass is 32.2. The number of rotatable bonds is 4. The molecule has 0 spiro atoms. The molecular formula is C25H24N4O3S. The maximum Gasteiger partial charge on any atom is 0.254 e. The largest absolute Gasteiger partial charge is 0.378 e. The third kappa shape index (κ3) is 4.19. The molecule has 2 aromatic carbocycles. The number of hydrogen-bond donors (Lipinski definition) is 0. The number of benzene rings is 2. The molecule has 1 atom stereocenters. The molecule has 0 bridgehead atoms. The zero-order chi connectivity index (χ0) is 22.9. The standard InChI is InChI=1S/C25H24N4O3S/c1-17-3-5-18(6-4-17)20-14-26-25(27-15-20)29-16-23(33(2)31)21-8-7-19(13-22(21)29)24(30)28-9-11-32-12-10-28/h3-8,13-16H,9-12H2,1-2H3. The van der Waals surface area contributed by atoms with Crippen LogP contribution < -0.4 is 0 Å². The summed E-state index contributed by atoms with van der Waals surface area (Å²) in [6.45, 7) is 4.29. The van der Waals surface area contributed by atoms with Crippen molar-refractivity contribution in [1.29, 1.82) is 0 Å². The first-order chi connectivity index (χ1) is 16.0. The van der Waals surface area contributed by atoms with E-state index in [4.69, 9.17) is 4.74 Å². The van der Waals surface area contributed by atoms with Gasteiger partial charge in [0.25, 0.3) is 5.91 Å². The maximum atomic E-state index is 13.0. The Morgan fingerprint density at radius 1 is 1.00 bits per heavy atom. The topological polar surface area (TPSA) is 77.3 Å². The predicted molar refractivity (Wildman–Crippen MR) is 128 cm³/mol. The molecule has 0 N–H and O–H groups in total. The van der Waals surface area contributed by atoms with Crippen LogP contribution in [0.3, 0.4) is 0 Å². The van der Waals surface area contributed by atoms with Crippen molar-refractivity contribution in [3.05, 3.63) is 72.2 Å². The Labute approximate surface area is 194 Å². The Kier molecular flexibility index (Phi) is 5.78. The van der Waals surface area contributed by atoms with E-state index in [0.717, 1.165) is 22.0 Å². The third-order valence-corrected chi connectivity index (χ3v) is 6.81. The molecular weight excluding hydrogens is 436 g/mol. The number of ether oxygens (including phenoxy) is 1. The lowest BCUT2D eigenvalue weighted by Gasteiger charge is -2.26. The molecule has 1 aliphatic rings. The van der Waals surface area contributed by atoms with Gasteiger partial charge in [0.15, 0.2) is 0 Å². The van der Waals surface area contributed by atoms with Crippen LogP contribution in [0.5, 0.6) is 0 Å². The van der Waals surface area contributed by atoms with E-state index in [1.807, 2.05) is 31.2 Å². The molecule has 0 radical (unpaired) electrons. The summed E-state index contributed by atoms with van der Waals surface area (Å²) in [5.41, 5.74) is 4.48. The summed E-state index contributed by atoms with van der Waals surface area (Å²) < 4.78 is 19.6. The van der Waals surface area contributed by atoms with Crippen LogP contribution in [0.15, 0.2) is 66.0 Å². The van der Waals surface area contributed by atoms with Crippen molar-refractivity contribution >= 4 is 27.6 Å². The number of carbonyl (C=O) groups excluding carboxylic acids is 1. The minimum atomic E-state index is -1.20. The number of nitrogens with zero attached hydrogens (tertiary/aromatic N) is 4. The highest BCUT2D eigenvalue weighted by Gasteiger charge is 2.21. The summed E-state index contributed by atoms with van der Waals surface area (Å²) in [5, 5.41) is 0.820. The SMILES string of the molecule is Cc1ccc(-c2cnc(-n3cc(S(C)=O)c4ccc(C(=O)N5CCOCC5)cc43)nc2)cc1. The lowest BCUT2D eigenvalue weighted by Crippen LogP contribution is -2.40. The number of aromatic nitrogens is 3. The van der Waals surface area contributed by atoms with E-state index in [9.17, 15) is 9.00 Å². The second-order valence-corrected chi connectivity index (χ2v) is 9.44. The van der Waals surface area contributed by atoms with Gasteiger partial charge in [-0.15, -0.1) is 0 Å².